The van der Waals surface area contributed by atoms with Gasteiger partial charge in [0.05, 0.1) is 11.4 Å². The van der Waals surface area contributed by atoms with Crippen LogP contribution < -0.4 is 5.32 Å². The van der Waals surface area contributed by atoms with Gasteiger partial charge in [-0.25, -0.2) is 4.98 Å². The predicted molar refractivity (Wildman–Crippen MR) is 108 cm³/mol. The minimum absolute atomic E-state index is 0.132. The number of nitrogens with zero attached hydrogens (tertiary/aromatic N) is 2. The molecule has 4 aromatic rings. The van der Waals surface area contributed by atoms with Gasteiger partial charge >= 0.3 is 0 Å². The summed E-state index contributed by atoms with van der Waals surface area (Å²) >= 11 is 2.22. The van der Waals surface area contributed by atoms with Crippen molar-refractivity contribution in [3.8, 4) is 11.3 Å². The SMILES string of the molecule is O=C(Nc1ccccc1-c1cn2ccccc2n1)c1ccc(I)cc1. The molecule has 4 rings (SSSR count). The van der Waals surface area contributed by atoms with Gasteiger partial charge in [-0.1, -0.05) is 24.3 Å². The standard InChI is InChI=1S/C20H14IN3O/c21-15-10-8-14(9-11-15)20(25)23-17-6-2-1-5-16(17)18-13-24-12-4-3-7-19(24)22-18/h1-13H,(H,23,25). The molecule has 0 unspecified atom stereocenters. The lowest BCUT2D eigenvalue weighted by atomic mass is 10.1. The average Bonchev–Trinajstić information content (AvgIpc) is 3.06. The van der Waals surface area contributed by atoms with Gasteiger partial charge in [-0.05, 0) is 65.1 Å². The number of hydrogen-bond acceptors (Lipinski definition) is 2. The topological polar surface area (TPSA) is 46.4 Å². The first-order valence-corrected chi connectivity index (χ1v) is 8.89. The Hall–Kier alpha value is -2.67. The van der Waals surface area contributed by atoms with E-state index >= 15 is 0 Å². The van der Waals surface area contributed by atoms with Crippen LogP contribution >= 0.6 is 22.6 Å². The highest BCUT2D eigenvalue weighted by molar-refractivity contribution is 14.1. The van der Waals surface area contributed by atoms with Crippen LogP contribution in [0.15, 0.2) is 79.1 Å². The van der Waals surface area contributed by atoms with Crippen molar-refractivity contribution in [2.24, 2.45) is 0 Å². The largest absolute Gasteiger partial charge is 0.321 e. The third kappa shape index (κ3) is 3.28. The van der Waals surface area contributed by atoms with Gasteiger partial charge in [0.15, 0.2) is 0 Å². The first kappa shape index (κ1) is 15.8. The molecule has 25 heavy (non-hydrogen) atoms. The Kier molecular flexibility index (Phi) is 4.23. The molecule has 0 saturated carbocycles. The zero-order valence-corrected chi connectivity index (χ0v) is 15.3. The normalized spacial score (nSPS) is 10.8. The maximum atomic E-state index is 12.5. The van der Waals surface area contributed by atoms with Gasteiger partial charge in [-0.2, -0.15) is 0 Å². The second-order valence-electron chi connectivity index (χ2n) is 5.60. The number of benzene rings is 2. The Morgan fingerprint density at radius 1 is 0.960 bits per heavy atom. The maximum absolute atomic E-state index is 12.5. The van der Waals surface area contributed by atoms with E-state index in [0.717, 1.165) is 26.2 Å². The molecule has 1 N–H and O–H groups in total. The summed E-state index contributed by atoms with van der Waals surface area (Å²) in [6, 6.07) is 21.1. The second kappa shape index (κ2) is 6.68. The molecule has 2 aromatic carbocycles. The van der Waals surface area contributed by atoms with Crippen LogP contribution in [-0.2, 0) is 0 Å². The number of fused-ring (bicyclic) bond motifs is 1. The zero-order valence-electron chi connectivity index (χ0n) is 13.2. The minimum Gasteiger partial charge on any atom is -0.321 e. The van der Waals surface area contributed by atoms with Crippen LogP contribution in [0, 0.1) is 3.57 Å². The number of carbonyl (C=O) groups excluding carboxylic acids is 1. The summed E-state index contributed by atoms with van der Waals surface area (Å²) in [7, 11) is 0. The van der Waals surface area contributed by atoms with E-state index in [4.69, 9.17) is 0 Å². The van der Waals surface area contributed by atoms with Crippen LogP contribution in [0.4, 0.5) is 5.69 Å². The summed E-state index contributed by atoms with van der Waals surface area (Å²) in [5, 5.41) is 3.00. The summed E-state index contributed by atoms with van der Waals surface area (Å²) in [5.41, 5.74) is 3.96. The van der Waals surface area contributed by atoms with Crippen molar-refractivity contribution in [1.82, 2.24) is 9.38 Å². The molecule has 5 heteroatoms. The number of anilines is 1. The Balaban J connectivity index is 1.69. The molecular formula is C20H14IN3O. The molecule has 1 amide bonds. The van der Waals surface area contributed by atoms with Crippen molar-refractivity contribution < 1.29 is 4.79 Å². The summed E-state index contributed by atoms with van der Waals surface area (Å²) < 4.78 is 3.06. The fraction of sp³-hybridized carbons (Fsp3) is 0. The molecule has 0 fully saturated rings. The number of rotatable bonds is 3. The lowest BCUT2D eigenvalue weighted by Crippen LogP contribution is -2.12. The predicted octanol–water partition coefficient (Wildman–Crippen LogP) is 4.86. The quantitative estimate of drug-likeness (QED) is 0.464. The number of para-hydroxylation sites is 1. The number of pyridine rings is 1. The van der Waals surface area contributed by atoms with Crippen molar-refractivity contribution in [3.63, 3.8) is 0 Å². The number of hydrogen-bond donors (Lipinski definition) is 1. The molecule has 0 aliphatic rings. The third-order valence-corrected chi connectivity index (χ3v) is 4.64. The first-order chi connectivity index (χ1) is 12.2. The highest BCUT2D eigenvalue weighted by Gasteiger charge is 2.12. The highest BCUT2D eigenvalue weighted by atomic mass is 127. The van der Waals surface area contributed by atoms with E-state index in [9.17, 15) is 4.79 Å². The Labute approximate surface area is 158 Å². The average molecular weight is 439 g/mol. The van der Waals surface area contributed by atoms with Gasteiger partial charge in [0.2, 0.25) is 0 Å². The van der Waals surface area contributed by atoms with Gasteiger partial charge in [0, 0.05) is 27.1 Å². The van der Waals surface area contributed by atoms with Crippen molar-refractivity contribution in [2.45, 2.75) is 0 Å². The number of carbonyl (C=O) groups is 1. The van der Waals surface area contributed by atoms with Crippen LogP contribution in [0.3, 0.4) is 0 Å². The number of aromatic nitrogens is 2. The monoisotopic (exact) mass is 439 g/mol. The van der Waals surface area contributed by atoms with Gasteiger partial charge < -0.3 is 9.72 Å². The maximum Gasteiger partial charge on any atom is 0.255 e. The van der Waals surface area contributed by atoms with Crippen molar-refractivity contribution in [3.05, 3.63) is 88.3 Å². The highest BCUT2D eigenvalue weighted by Crippen LogP contribution is 2.27. The van der Waals surface area contributed by atoms with E-state index in [1.165, 1.54) is 0 Å². The second-order valence-corrected chi connectivity index (χ2v) is 6.84. The molecule has 0 atom stereocenters. The van der Waals surface area contributed by atoms with Crippen LogP contribution in [-0.4, -0.2) is 15.3 Å². The van der Waals surface area contributed by atoms with Crippen molar-refractivity contribution in [1.29, 1.82) is 0 Å². The van der Waals surface area contributed by atoms with Gasteiger partial charge in [0.1, 0.15) is 5.65 Å². The molecular weight excluding hydrogens is 425 g/mol. The van der Waals surface area contributed by atoms with E-state index in [2.05, 4.69) is 32.9 Å². The molecule has 0 aliphatic heterocycles. The van der Waals surface area contributed by atoms with Crippen LogP contribution in [0.5, 0.6) is 0 Å². The molecule has 4 nitrogen and oxygen atoms in total. The van der Waals surface area contributed by atoms with E-state index in [1.807, 2.05) is 83.5 Å². The summed E-state index contributed by atoms with van der Waals surface area (Å²) in [6.07, 6.45) is 3.92. The Morgan fingerprint density at radius 2 is 1.72 bits per heavy atom. The fourth-order valence-electron chi connectivity index (χ4n) is 2.68. The zero-order chi connectivity index (χ0) is 17.2. The number of amides is 1. The lowest BCUT2D eigenvalue weighted by Gasteiger charge is -2.09. The number of imidazole rings is 1. The first-order valence-electron chi connectivity index (χ1n) is 7.81. The van der Waals surface area contributed by atoms with Crippen LogP contribution in [0.2, 0.25) is 0 Å². The van der Waals surface area contributed by atoms with Crippen molar-refractivity contribution >= 4 is 39.8 Å². The lowest BCUT2D eigenvalue weighted by molar-refractivity contribution is 0.102. The van der Waals surface area contributed by atoms with Crippen LogP contribution in [0.25, 0.3) is 16.9 Å². The smallest absolute Gasteiger partial charge is 0.255 e. The molecule has 2 heterocycles. The molecule has 122 valence electrons. The van der Waals surface area contributed by atoms with E-state index in [1.54, 1.807) is 0 Å². The Bertz CT molecular complexity index is 1020. The number of nitrogens with one attached hydrogen (secondary N) is 1. The molecule has 2 aromatic heterocycles. The van der Waals surface area contributed by atoms with Crippen LogP contribution in [0.1, 0.15) is 10.4 Å². The minimum atomic E-state index is -0.132. The van der Waals surface area contributed by atoms with E-state index in [0.29, 0.717) is 5.56 Å². The molecule has 0 bridgehead atoms. The summed E-state index contributed by atoms with van der Waals surface area (Å²) in [6.45, 7) is 0. The molecule has 0 spiro atoms. The summed E-state index contributed by atoms with van der Waals surface area (Å²) in [5.74, 6) is -0.132. The third-order valence-electron chi connectivity index (χ3n) is 3.92. The molecule has 0 saturated heterocycles. The summed E-state index contributed by atoms with van der Waals surface area (Å²) in [4.78, 5) is 17.2. The molecule has 0 aliphatic carbocycles. The van der Waals surface area contributed by atoms with E-state index < -0.39 is 0 Å². The van der Waals surface area contributed by atoms with Gasteiger partial charge in [-0.3, -0.25) is 4.79 Å². The fourth-order valence-corrected chi connectivity index (χ4v) is 3.04. The van der Waals surface area contributed by atoms with E-state index in [-0.39, 0.29) is 5.91 Å². The molecule has 0 radical (unpaired) electrons. The van der Waals surface area contributed by atoms with Gasteiger partial charge in [0.25, 0.3) is 5.91 Å². The number of halogens is 1. The van der Waals surface area contributed by atoms with Crippen molar-refractivity contribution in [2.75, 3.05) is 5.32 Å². The Morgan fingerprint density at radius 3 is 2.52 bits per heavy atom. The van der Waals surface area contributed by atoms with Gasteiger partial charge in [-0.15, -0.1) is 0 Å².